The Kier molecular flexibility index (Phi) is 5.21. The largest absolute Gasteiger partial charge is 0.382 e. The van der Waals surface area contributed by atoms with Crippen molar-refractivity contribution in [2.75, 3.05) is 25.1 Å². The second-order valence-electron chi connectivity index (χ2n) is 6.96. The zero-order valence-corrected chi connectivity index (χ0v) is 14.2. The van der Waals surface area contributed by atoms with Crippen LogP contribution in [0.4, 0.5) is 5.69 Å². The Labute approximate surface area is 139 Å². The van der Waals surface area contributed by atoms with Crippen molar-refractivity contribution in [1.29, 1.82) is 0 Å². The van der Waals surface area contributed by atoms with Crippen LogP contribution in [0.25, 0.3) is 0 Å². The van der Waals surface area contributed by atoms with Gasteiger partial charge in [0.15, 0.2) is 5.96 Å². The summed E-state index contributed by atoms with van der Waals surface area (Å²) in [6.07, 6.45) is 8.55. The van der Waals surface area contributed by atoms with Gasteiger partial charge in [-0.1, -0.05) is 12.5 Å². The number of hydrogen-bond donors (Lipinski definition) is 2. The molecule has 3 rings (SSSR count). The summed E-state index contributed by atoms with van der Waals surface area (Å²) in [7, 11) is 0. The summed E-state index contributed by atoms with van der Waals surface area (Å²) in [5, 5.41) is 3.26. The Hall–Kier alpha value is -1.55. The minimum Gasteiger partial charge on any atom is -0.382 e. The number of nitrogens with two attached hydrogens (primary N) is 1. The van der Waals surface area contributed by atoms with E-state index in [1.54, 1.807) is 0 Å². The zero-order chi connectivity index (χ0) is 16.1. The molecule has 0 aliphatic heterocycles. The normalized spacial score (nSPS) is 19.3. The molecule has 23 heavy (non-hydrogen) atoms. The van der Waals surface area contributed by atoms with E-state index in [4.69, 9.17) is 10.5 Å². The Balaban J connectivity index is 1.55. The minimum absolute atomic E-state index is 0.319. The quantitative estimate of drug-likeness (QED) is 0.460. The van der Waals surface area contributed by atoms with Crippen molar-refractivity contribution in [1.82, 2.24) is 0 Å². The first-order valence-corrected chi connectivity index (χ1v) is 8.97. The third-order valence-electron chi connectivity index (χ3n) is 5.35. The Morgan fingerprint density at radius 3 is 2.83 bits per heavy atom. The molecule has 2 aliphatic rings. The second-order valence-corrected chi connectivity index (χ2v) is 6.96. The van der Waals surface area contributed by atoms with Gasteiger partial charge in [0.25, 0.3) is 0 Å². The SMILES string of the molecule is CCOCCC1(CN=C(N)Nc2ccc3c(c2)CCC3)CCC1. The number of aliphatic imine (C=N–C) groups is 1. The van der Waals surface area contributed by atoms with Gasteiger partial charge in [0.2, 0.25) is 0 Å². The van der Waals surface area contributed by atoms with Gasteiger partial charge in [0, 0.05) is 25.4 Å². The van der Waals surface area contributed by atoms with E-state index < -0.39 is 0 Å². The fourth-order valence-electron chi connectivity index (χ4n) is 3.69. The number of anilines is 1. The Bertz CT molecular complexity index is 564. The number of nitrogens with one attached hydrogen (secondary N) is 1. The molecule has 0 amide bonds. The lowest BCUT2D eigenvalue weighted by Crippen LogP contribution is -2.35. The lowest BCUT2D eigenvalue weighted by Gasteiger charge is -2.40. The monoisotopic (exact) mass is 315 g/mol. The second kappa shape index (κ2) is 7.35. The van der Waals surface area contributed by atoms with Gasteiger partial charge >= 0.3 is 0 Å². The van der Waals surface area contributed by atoms with Crippen LogP contribution in [-0.4, -0.2) is 25.7 Å². The summed E-state index contributed by atoms with van der Waals surface area (Å²) in [4.78, 5) is 4.61. The van der Waals surface area contributed by atoms with E-state index in [1.165, 1.54) is 49.7 Å². The third kappa shape index (κ3) is 4.05. The summed E-state index contributed by atoms with van der Waals surface area (Å²) < 4.78 is 5.51. The molecule has 4 nitrogen and oxygen atoms in total. The van der Waals surface area contributed by atoms with Crippen LogP contribution >= 0.6 is 0 Å². The number of aryl methyl sites for hydroxylation is 2. The number of fused-ring (bicyclic) bond motifs is 1. The highest BCUT2D eigenvalue weighted by molar-refractivity contribution is 5.92. The molecule has 3 N–H and O–H groups in total. The summed E-state index contributed by atoms with van der Waals surface area (Å²) >= 11 is 0. The van der Waals surface area contributed by atoms with Crippen LogP contribution in [0.2, 0.25) is 0 Å². The molecule has 4 heteroatoms. The van der Waals surface area contributed by atoms with Crippen LogP contribution in [0.5, 0.6) is 0 Å². The number of hydrogen-bond acceptors (Lipinski definition) is 2. The molecule has 1 aromatic rings. The molecule has 1 saturated carbocycles. The van der Waals surface area contributed by atoms with E-state index in [-0.39, 0.29) is 0 Å². The van der Waals surface area contributed by atoms with Crippen molar-refractivity contribution in [3.05, 3.63) is 29.3 Å². The van der Waals surface area contributed by atoms with E-state index >= 15 is 0 Å². The van der Waals surface area contributed by atoms with Crippen molar-refractivity contribution >= 4 is 11.6 Å². The van der Waals surface area contributed by atoms with Crippen LogP contribution in [0, 0.1) is 5.41 Å². The van der Waals surface area contributed by atoms with Crippen molar-refractivity contribution < 1.29 is 4.74 Å². The lowest BCUT2D eigenvalue weighted by atomic mass is 9.67. The summed E-state index contributed by atoms with van der Waals surface area (Å²) in [5.41, 5.74) is 10.4. The van der Waals surface area contributed by atoms with Gasteiger partial charge in [-0.25, -0.2) is 0 Å². The molecule has 1 fully saturated rings. The molecule has 0 bridgehead atoms. The highest BCUT2D eigenvalue weighted by Crippen LogP contribution is 2.44. The Morgan fingerprint density at radius 1 is 1.26 bits per heavy atom. The number of guanidine groups is 1. The van der Waals surface area contributed by atoms with Crippen LogP contribution < -0.4 is 11.1 Å². The summed E-state index contributed by atoms with van der Waals surface area (Å²) in [5.74, 6) is 0.533. The fourth-order valence-corrected chi connectivity index (χ4v) is 3.69. The van der Waals surface area contributed by atoms with Gasteiger partial charge in [0.1, 0.15) is 0 Å². The van der Waals surface area contributed by atoms with Crippen molar-refractivity contribution in [2.24, 2.45) is 16.1 Å². The zero-order valence-electron chi connectivity index (χ0n) is 14.2. The van der Waals surface area contributed by atoms with Crippen molar-refractivity contribution in [3.63, 3.8) is 0 Å². The predicted octanol–water partition coefficient (Wildman–Crippen LogP) is 3.50. The fraction of sp³-hybridized carbons (Fsp3) is 0.632. The molecule has 0 atom stereocenters. The molecule has 0 heterocycles. The van der Waals surface area contributed by atoms with E-state index in [0.717, 1.165) is 31.9 Å². The first-order chi connectivity index (χ1) is 11.2. The smallest absolute Gasteiger partial charge is 0.193 e. The van der Waals surface area contributed by atoms with E-state index in [1.807, 2.05) is 6.92 Å². The molecule has 0 radical (unpaired) electrons. The standard InChI is InChI=1S/C19H29N3O/c1-2-23-12-11-19(9-4-10-19)14-21-18(20)22-17-8-7-15-5-3-6-16(15)13-17/h7-8,13H,2-6,9-12,14H2,1H3,(H3,20,21,22). The molecule has 0 spiro atoms. The molecule has 0 unspecified atom stereocenters. The van der Waals surface area contributed by atoms with Gasteiger partial charge < -0.3 is 15.8 Å². The third-order valence-corrected chi connectivity index (χ3v) is 5.35. The molecule has 1 aromatic carbocycles. The van der Waals surface area contributed by atoms with Gasteiger partial charge in [-0.2, -0.15) is 0 Å². The van der Waals surface area contributed by atoms with Crippen molar-refractivity contribution in [3.8, 4) is 0 Å². The van der Waals surface area contributed by atoms with Crippen LogP contribution in [0.15, 0.2) is 23.2 Å². The molecular formula is C19H29N3O. The number of benzene rings is 1. The summed E-state index contributed by atoms with van der Waals surface area (Å²) in [6, 6.07) is 6.55. The highest BCUT2D eigenvalue weighted by Gasteiger charge is 2.36. The first-order valence-electron chi connectivity index (χ1n) is 8.97. The lowest BCUT2D eigenvalue weighted by molar-refractivity contribution is 0.0610. The van der Waals surface area contributed by atoms with Crippen molar-refractivity contribution in [2.45, 2.75) is 51.9 Å². The van der Waals surface area contributed by atoms with Gasteiger partial charge in [-0.3, -0.25) is 4.99 Å². The number of nitrogens with zero attached hydrogens (tertiary/aromatic N) is 1. The van der Waals surface area contributed by atoms with Crippen LogP contribution in [-0.2, 0) is 17.6 Å². The van der Waals surface area contributed by atoms with Gasteiger partial charge in [0.05, 0.1) is 0 Å². The van der Waals surface area contributed by atoms with E-state index in [0.29, 0.717) is 11.4 Å². The maximum absolute atomic E-state index is 6.10. The predicted molar refractivity (Wildman–Crippen MR) is 96.0 cm³/mol. The maximum Gasteiger partial charge on any atom is 0.193 e. The molecule has 2 aliphatic carbocycles. The van der Waals surface area contributed by atoms with Gasteiger partial charge in [-0.15, -0.1) is 0 Å². The van der Waals surface area contributed by atoms with E-state index in [2.05, 4.69) is 28.5 Å². The molecule has 0 aromatic heterocycles. The Morgan fingerprint density at radius 2 is 2.09 bits per heavy atom. The van der Waals surface area contributed by atoms with Crippen LogP contribution in [0.1, 0.15) is 50.2 Å². The van der Waals surface area contributed by atoms with Crippen LogP contribution in [0.3, 0.4) is 0 Å². The number of rotatable bonds is 7. The molecule has 0 saturated heterocycles. The average Bonchev–Trinajstić information content (AvgIpc) is 2.96. The minimum atomic E-state index is 0.319. The number of ether oxygens (including phenoxy) is 1. The first kappa shape index (κ1) is 16.3. The maximum atomic E-state index is 6.10. The summed E-state index contributed by atoms with van der Waals surface area (Å²) in [6.45, 7) is 4.49. The molecule has 126 valence electrons. The van der Waals surface area contributed by atoms with E-state index in [9.17, 15) is 0 Å². The molecular weight excluding hydrogens is 286 g/mol. The highest BCUT2D eigenvalue weighted by atomic mass is 16.5. The topological polar surface area (TPSA) is 59.6 Å². The average molecular weight is 315 g/mol. The van der Waals surface area contributed by atoms with Gasteiger partial charge in [-0.05, 0) is 74.1 Å².